The van der Waals surface area contributed by atoms with Gasteiger partial charge in [-0.15, -0.1) is 0 Å². The second kappa shape index (κ2) is 2.57. The van der Waals surface area contributed by atoms with Crippen LogP contribution in [0.1, 0.15) is 59.8 Å². The van der Waals surface area contributed by atoms with Crippen LogP contribution in [0, 0.1) is 34.5 Å². The third-order valence-electron chi connectivity index (χ3n) is 6.29. The first-order valence-electron chi connectivity index (χ1n) is 6.77. The summed E-state index contributed by atoms with van der Waals surface area (Å²) in [5.41, 5.74) is 1.85. The molecule has 0 aromatic rings. The molecule has 15 heavy (non-hydrogen) atoms. The van der Waals surface area contributed by atoms with Crippen molar-refractivity contribution >= 4 is 0 Å². The summed E-state index contributed by atoms with van der Waals surface area (Å²) in [5, 5.41) is 0. The van der Waals surface area contributed by atoms with E-state index in [1.807, 2.05) is 0 Å². The molecular weight excluding hydrogens is 180 g/mol. The molecule has 0 saturated heterocycles. The molecule has 3 rings (SSSR count). The van der Waals surface area contributed by atoms with Gasteiger partial charge in [-0.3, -0.25) is 0 Å². The van der Waals surface area contributed by atoms with E-state index in [4.69, 9.17) is 0 Å². The second-order valence-electron chi connectivity index (χ2n) is 7.43. The van der Waals surface area contributed by atoms with Gasteiger partial charge in [0.05, 0.1) is 12.8 Å². The Labute approximate surface area is 94.8 Å². The van der Waals surface area contributed by atoms with Crippen molar-refractivity contribution < 1.29 is 0 Å². The molecule has 3 fully saturated rings. The highest BCUT2D eigenvalue weighted by atomic mass is 14.7. The Morgan fingerprint density at radius 3 is 2.60 bits per heavy atom. The predicted molar refractivity (Wildman–Crippen MR) is 64.4 cm³/mol. The van der Waals surface area contributed by atoms with Crippen LogP contribution in [0.4, 0.5) is 0 Å². The third kappa shape index (κ3) is 0.929. The zero-order valence-electron chi connectivity index (χ0n) is 10.8. The summed E-state index contributed by atoms with van der Waals surface area (Å²) in [5.74, 6) is 1.92. The van der Waals surface area contributed by atoms with Crippen LogP contribution < -0.4 is 0 Å². The molecule has 0 radical (unpaired) electrons. The maximum atomic E-state index is 2.74. The Morgan fingerprint density at radius 2 is 1.87 bits per heavy atom. The van der Waals surface area contributed by atoms with Gasteiger partial charge in [-0.25, -0.2) is 0 Å². The van der Waals surface area contributed by atoms with Crippen LogP contribution in [0.5, 0.6) is 0 Å². The standard InChI is InChI=1S/C15H25/c1-11-6-7-12-13(2,3)10-14(4)8-5-9-15(11,12)14/h9,11-12H,5-8,10H2,1-4H3/q+1/t11-,12+,14+,15+/m1/s1. The maximum absolute atomic E-state index is 2.74. The second-order valence-corrected chi connectivity index (χ2v) is 7.43. The minimum atomic E-state index is 0.594. The third-order valence-corrected chi connectivity index (χ3v) is 6.29. The molecule has 0 aromatic carbocycles. The molecule has 0 aliphatic heterocycles. The van der Waals surface area contributed by atoms with Crippen molar-refractivity contribution in [3.63, 3.8) is 0 Å². The fraction of sp³-hybridized carbons (Fsp3) is 0.933. The lowest BCUT2D eigenvalue weighted by Crippen LogP contribution is -2.37. The molecule has 0 aromatic heterocycles. The van der Waals surface area contributed by atoms with Crippen molar-refractivity contribution in [2.75, 3.05) is 0 Å². The van der Waals surface area contributed by atoms with E-state index < -0.39 is 0 Å². The number of hydrogen-bond acceptors (Lipinski definition) is 0. The quantitative estimate of drug-likeness (QED) is 0.512. The first-order chi connectivity index (χ1) is 6.92. The maximum Gasteiger partial charge on any atom is 0.119 e. The molecule has 3 aliphatic rings. The van der Waals surface area contributed by atoms with E-state index in [1.165, 1.54) is 32.1 Å². The molecule has 84 valence electrons. The summed E-state index contributed by atoms with van der Waals surface area (Å²) in [6.07, 6.45) is 10.0. The van der Waals surface area contributed by atoms with Gasteiger partial charge in [0.15, 0.2) is 0 Å². The monoisotopic (exact) mass is 205 g/mol. The molecule has 4 atom stereocenters. The molecular formula is C15H25+. The minimum absolute atomic E-state index is 0.594. The van der Waals surface area contributed by atoms with Crippen LogP contribution in [-0.2, 0) is 0 Å². The molecule has 3 saturated carbocycles. The average Bonchev–Trinajstić information content (AvgIpc) is 2.62. The Balaban J connectivity index is 2.12. The van der Waals surface area contributed by atoms with Gasteiger partial charge in [0.1, 0.15) is 5.41 Å². The molecule has 0 heterocycles. The van der Waals surface area contributed by atoms with Gasteiger partial charge in [0, 0.05) is 17.3 Å². The average molecular weight is 205 g/mol. The lowest BCUT2D eigenvalue weighted by atomic mass is 9.62. The predicted octanol–water partition coefficient (Wildman–Crippen LogP) is 4.45. The molecule has 0 nitrogen and oxygen atoms in total. The van der Waals surface area contributed by atoms with E-state index in [-0.39, 0.29) is 0 Å². The largest absolute Gasteiger partial charge is 0.119 e. The van der Waals surface area contributed by atoms with Crippen molar-refractivity contribution in [1.29, 1.82) is 0 Å². The van der Waals surface area contributed by atoms with E-state index in [1.54, 1.807) is 0 Å². The van der Waals surface area contributed by atoms with Gasteiger partial charge < -0.3 is 0 Å². The SMILES string of the molecule is C[C@@H]1CC[C@H]2C(C)(C)C[C@]3(C)CC[CH+][C@]123. The van der Waals surface area contributed by atoms with Crippen LogP contribution in [-0.4, -0.2) is 0 Å². The van der Waals surface area contributed by atoms with Gasteiger partial charge in [-0.1, -0.05) is 27.7 Å². The summed E-state index contributed by atoms with van der Waals surface area (Å²) in [7, 11) is 0. The summed E-state index contributed by atoms with van der Waals surface area (Å²) < 4.78 is 0. The zero-order chi connectivity index (χ0) is 10.9. The summed E-state index contributed by atoms with van der Waals surface area (Å²) in [6.45, 7) is 10.1. The first-order valence-corrected chi connectivity index (χ1v) is 6.77. The highest BCUT2D eigenvalue weighted by molar-refractivity contribution is 5.24. The molecule has 0 unspecified atom stereocenters. The van der Waals surface area contributed by atoms with Crippen molar-refractivity contribution in [1.82, 2.24) is 0 Å². The highest BCUT2D eigenvalue weighted by Gasteiger charge is 2.75. The molecule has 0 N–H and O–H groups in total. The molecule has 0 heteroatoms. The van der Waals surface area contributed by atoms with Gasteiger partial charge in [-0.05, 0) is 31.1 Å². The van der Waals surface area contributed by atoms with E-state index >= 15 is 0 Å². The normalized spacial score (nSPS) is 56.3. The summed E-state index contributed by atoms with van der Waals surface area (Å²) >= 11 is 0. The van der Waals surface area contributed by atoms with Gasteiger partial charge >= 0.3 is 0 Å². The number of hydrogen-bond donors (Lipinski definition) is 0. The van der Waals surface area contributed by atoms with E-state index in [0.717, 1.165) is 11.8 Å². The molecule has 3 aliphatic carbocycles. The molecule has 0 bridgehead atoms. The van der Waals surface area contributed by atoms with Crippen LogP contribution in [0.15, 0.2) is 0 Å². The van der Waals surface area contributed by atoms with Crippen molar-refractivity contribution in [3.05, 3.63) is 6.42 Å². The lowest BCUT2D eigenvalue weighted by Gasteiger charge is -2.35. The zero-order valence-corrected chi connectivity index (χ0v) is 10.8. The fourth-order valence-electron chi connectivity index (χ4n) is 6.10. The lowest BCUT2D eigenvalue weighted by molar-refractivity contribution is 0.0881. The van der Waals surface area contributed by atoms with Gasteiger partial charge in [0.2, 0.25) is 0 Å². The molecule has 1 spiro atoms. The smallest absolute Gasteiger partial charge is 0.0594 e. The number of rotatable bonds is 0. The van der Waals surface area contributed by atoms with Crippen molar-refractivity contribution in [2.45, 2.75) is 59.8 Å². The van der Waals surface area contributed by atoms with E-state index in [2.05, 4.69) is 34.1 Å². The fourth-order valence-corrected chi connectivity index (χ4v) is 6.10. The van der Waals surface area contributed by atoms with E-state index in [9.17, 15) is 0 Å². The van der Waals surface area contributed by atoms with Crippen LogP contribution in [0.25, 0.3) is 0 Å². The van der Waals surface area contributed by atoms with Crippen molar-refractivity contribution in [3.8, 4) is 0 Å². The Morgan fingerprint density at radius 1 is 1.13 bits per heavy atom. The summed E-state index contributed by atoms with van der Waals surface area (Å²) in [4.78, 5) is 0. The topological polar surface area (TPSA) is 0 Å². The van der Waals surface area contributed by atoms with Gasteiger partial charge in [0.25, 0.3) is 0 Å². The van der Waals surface area contributed by atoms with Gasteiger partial charge in [-0.2, -0.15) is 0 Å². The summed E-state index contributed by atoms with van der Waals surface area (Å²) in [6, 6.07) is 0. The Hall–Kier alpha value is -0.130. The highest BCUT2D eigenvalue weighted by Crippen LogP contribution is 2.77. The van der Waals surface area contributed by atoms with Crippen molar-refractivity contribution in [2.24, 2.45) is 28.1 Å². The molecule has 0 amide bonds. The Kier molecular flexibility index (Phi) is 1.73. The van der Waals surface area contributed by atoms with Crippen LogP contribution in [0.3, 0.4) is 0 Å². The minimum Gasteiger partial charge on any atom is -0.0594 e. The van der Waals surface area contributed by atoms with Crippen LogP contribution >= 0.6 is 0 Å². The van der Waals surface area contributed by atoms with Crippen LogP contribution in [0.2, 0.25) is 0 Å². The Bertz CT molecular complexity index is 290. The van der Waals surface area contributed by atoms with E-state index in [0.29, 0.717) is 16.2 Å². The first kappa shape index (κ1) is 10.1.